The monoisotopic (exact) mass is 555 g/mol. The van der Waals surface area contributed by atoms with Crippen LogP contribution in [0.3, 0.4) is 0 Å². The number of benzene rings is 3. The molecule has 3 aliphatic rings. The summed E-state index contributed by atoms with van der Waals surface area (Å²) >= 11 is 0. The number of fused-ring (bicyclic) bond motifs is 1. The third-order valence-corrected chi connectivity index (χ3v) is 8.34. The smallest absolute Gasteiger partial charge is 0.274 e. The van der Waals surface area contributed by atoms with E-state index in [1.807, 2.05) is 42.5 Å². The maximum absolute atomic E-state index is 12.6. The summed E-state index contributed by atoms with van der Waals surface area (Å²) in [6, 6.07) is 23.5. The molecule has 1 amide bonds. The molecule has 0 bridgehead atoms. The van der Waals surface area contributed by atoms with Crippen molar-refractivity contribution in [2.75, 3.05) is 32.8 Å². The number of ether oxygens (including phenoxy) is 2. The van der Waals surface area contributed by atoms with E-state index < -0.39 is 0 Å². The minimum atomic E-state index is -0.368. The maximum atomic E-state index is 12.6. The van der Waals surface area contributed by atoms with Gasteiger partial charge in [-0.2, -0.15) is 0 Å². The third kappa shape index (κ3) is 7.74. The van der Waals surface area contributed by atoms with E-state index in [2.05, 4.69) is 46.0 Å². The van der Waals surface area contributed by atoms with Gasteiger partial charge < -0.3 is 19.7 Å². The fourth-order valence-electron chi connectivity index (χ4n) is 5.77. The van der Waals surface area contributed by atoms with Crippen LogP contribution < -0.4 is 15.5 Å². The highest BCUT2D eigenvalue weighted by molar-refractivity contribution is 5.93. The summed E-state index contributed by atoms with van der Waals surface area (Å²) in [5, 5.41) is 6.09. The Bertz CT molecular complexity index is 1320. The molecule has 2 aliphatic heterocycles. The molecule has 1 aliphatic carbocycles. The van der Waals surface area contributed by atoms with Gasteiger partial charge in [-0.15, -0.1) is 0 Å². The SMILES string of the molecule is O=C(NOC1CCCCO1)c1ccc(C=C(CNC2CCN(C3CC3)CC2)COc2cccc3ccccc23)cc1. The van der Waals surface area contributed by atoms with Crippen molar-refractivity contribution in [1.29, 1.82) is 0 Å². The van der Waals surface area contributed by atoms with Gasteiger partial charge in [-0.1, -0.05) is 54.6 Å². The Balaban J connectivity index is 1.10. The number of amides is 1. The number of piperidine rings is 1. The van der Waals surface area contributed by atoms with Crippen LogP contribution in [0.5, 0.6) is 5.75 Å². The highest BCUT2D eigenvalue weighted by Gasteiger charge is 2.31. The molecule has 3 aromatic rings. The van der Waals surface area contributed by atoms with E-state index in [4.69, 9.17) is 14.3 Å². The zero-order valence-electron chi connectivity index (χ0n) is 23.7. The van der Waals surface area contributed by atoms with Gasteiger partial charge in [-0.25, -0.2) is 10.3 Å². The predicted octanol–water partition coefficient (Wildman–Crippen LogP) is 5.71. The van der Waals surface area contributed by atoms with Crippen LogP contribution in [0.1, 0.15) is 60.9 Å². The zero-order valence-corrected chi connectivity index (χ0v) is 23.7. The predicted molar refractivity (Wildman–Crippen MR) is 162 cm³/mol. The number of nitrogens with one attached hydrogen (secondary N) is 2. The van der Waals surface area contributed by atoms with E-state index in [0.29, 0.717) is 24.8 Å². The standard InChI is InChI=1S/C34H41N3O4/c38-34(36-41-33-10-3-4-21-39-33)28-13-11-25(12-14-28)22-26(23-35-29-17-19-37(20-18-29)30-15-16-30)24-40-32-9-5-7-27-6-1-2-8-31(27)32/h1-2,5-9,11-14,22,29-30,33,35H,3-4,10,15-21,23-24H2,(H,36,38). The molecule has 6 rings (SSSR count). The van der Waals surface area contributed by atoms with Gasteiger partial charge in [0.25, 0.3) is 5.91 Å². The lowest BCUT2D eigenvalue weighted by Gasteiger charge is -2.32. The van der Waals surface area contributed by atoms with E-state index in [0.717, 1.165) is 54.1 Å². The maximum Gasteiger partial charge on any atom is 0.274 e. The van der Waals surface area contributed by atoms with Crippen LogP contribution in [0.4, 0.5) is 0 Å². The molecule has 3 fully saturated rings. The number of hydrogen-bond acceptors (Lipinski definition) is 6. The highest BCUT2D eigenvalue weighted by Crippen LogP contribution is 2.29. The minimum absolute atomic E-state index is 0.270. The fraction of sp³-hybridized carbons (Fsp3) is 0.441. The van der Waals surface area contributed by atoms with Gasteiger partial charge >= 0.3 is 0 Å². The molecule has 1 unspecified atom stereocenters. The van der Waals surface area contributed by atoms with Crippen LogP contribution in [0.25, 0.3) is 16.8 Å². The Kier molecular flexibility index (Phi) is 9.27. The molecule has 2 N–H and O–H groups in total. The molecular weight excluding hydrogens is 514 g/mol. The van der Waals surface area contributed by atoms with Gasteiger partial charge in [-0.05, 0) is 86.3 Å². The molecule has 1 saturated carbocycles. The number of nitrogens with zero attached hydrogens (tertiary/aromatic N) is 1. The molecule has 0 aromatic heterocycles. The number of rotatable bonds is 11. The largest absolute Gasteiger partial charge is 0.489 e. The van der Waals surface area contributed by atoms with Crippen molar-refractivity contribution in [1.82, 2.24) is 15.7 Å². The first-order chi connectivity index (χ1) is 20.2. The van der Waals surface area contributed by atoms with Crippen molar-refractivity contribution in [3.8, 4) is 5.75 Å². The molecule has 0 radical (unpaired) electrons. The van der Waals surface area contributed by atoms with Crippen molar-refractivity contribution in [2.45, 2.75) is 63.3 Å². The van der Waals surface area contributed by atoms with E-state index >= 15 is 0 Å². The van der Waals surface area contributed by atoms with Gasteiger partial charge in [0.05, 0.1) is 0 Å². The molecule has 41 heavy (non-hydrogen) atoms. The van der Waals surface area contributed by atoms with Crippen LogP contribution >= 0.6 is 0 Å². The van der Waals surface area contributed by atoms with Crippen LogP contribution in [0.2, 0.25) is 0 Å². The first-order valence-electron chi connectivity index (χ1n) is 15.2. The summed E-state index contributed by atoms with van der Waals surface area (Å²) in [5.41, 5.74) is 5.28. The molecule has 1 atom stereocenters. The van der Waals surface area contributed by atoms with Crippen LogP contribution in [-0.2, 0) is 9.57 Å². The summed E-state index contributed by atoms with van der Waals surface area (Å²) in [7, 11) is 0. The summed E-state index contributed by atoms with van der Waals surface area (Å²) in [5.74, 6) is 0.620. The van der Waals surface area contributed by atoms with Gasteiger partial charge in [0.15, 0.2) is 6.29 Å². The normalized spacial score (nSPS) is 20.7. The summed E-state index contributed by atoms with van der Waals surface area (Å²) in [6.07, 6.45) is 9.80. The van der Waals surface area contributed by atoms with Crippen LogP contribution in [-0.4, -0.2) is 62.0 Å². The van der Waals surface area contributed by atoms with Gasteiger partial charge in [-0.3, -0.25) is 4.79 Å². The Labute approximate surface area is 242 Å². The summed E-state index contributed by atoms with van der Waals surface area (Å²) in [6.45, 7) is 4.29. The summed E-state index contributed by atoms with van der Waals surface area (Å²) in [4.78, 5) is 20.7. The van der Waals surface area contributed by atoms with Crippen LogP contribution in [0.15, 0.2) is 72.3 Å². The van der Waals surface area contributed by atoms with Crippen molar-refractivity contribution < 1.29 is 19.1 Å². The topological polar surface area (TPSA) is 72.1 Å². The Hall–Kier alpha value is -3.23. The molecule has 2 saturated heterocycles. The molecular formula is C34H41N3O4. The number of hydrogen-bond donors (Lipinski definition) is 2. The lowest BCUT2D eigenvalue weighted by atomic mass is 10.0. The van der Waals surface area contributed by atoms with Gasteiger partial charge in [0, 0.05) is 42.6 Å². The molecule has 3 aromatic carbocycles. The van der Waals surface area contributed by atoms with Crippen molar-refractivity contribution >= 4 is 22.8 Å². The Morgan fingerprint density at radius 3 is 2.51 bits per heavy atom. The second kappa shape index (κ2) is 13.6. The fourth-order valence-corrected chi connectivity index (χ4v) is 5.77. The first-order valence-corrected chi connectivity index (χ1v) is 15.2. The highest BCUT2D eigenvalue weighted by atomic mass is 16.8. The Morgan fingerprint density at radius 2 is 1.73 bits per heavy atom. The second-order valence-electron chi connectivity index (χ2n) is 11.5. The third-order valence-electron chi connectivity index (χ3n) is 8.34. The molecule has 216 valence electrons. The number of likely N-dealkylation sites (tertiary alicyclic amines) is 1. The van der Waals surface area contributed by atoms with E-state index in [9.17, 15) is 4.79 Å². The van der Waals surface area contributed by atoms with E-state index in [1.54, 1.807) is 0 Å². The van der Waals surface area contributed by atoms with E-state index in [-0.39, 0.29) is 12.2 Å². The van der Waals surface area contributed by atoms with E-state index in [1.165, 1.54) is 44.2 Å². The average Bonchev–Trinajstić information content (AvgIpc) is 3.88. The van der Waals surface area contributed by atoms with Crippen molar-refractivity contribution in [3.05, 3.63) is 83.4 Å². The number of carbonyl (C=O) groups is 1. The molecule has 0 spiro atoms. The van der Waals surface area contributed by atoms with Gasteiger partial charge in [0.2, 0.25) is 0 Å². The van der Waals surface area contributed by atoms with Gasteiger partial charge in [0.1, 0.15) is 12.4 Å². The Morgan fingerprint density at radius 1 is 0.927 bits per heavy atom. The number of carbonyl (C=O) groups excluding carboxylic acids is 1. The van der Waals surface area contributed by atoms with Crippen molar-refractivity contribution in [2.24, 2.45) is 0 Å². The van der Waals surface area contributed by atoms with Crippen molar-refractivity contribution in [3.63, 3.8) is 0 Å². The zero-order chi connectivity index (χ0) is 27.9. The lowest BCUT2D eigenvalue weighted by molar-refractivity contribution is -0.186. The first kappa shape index (κ1) is 27.9. The second-order valence-corrected chi connectivity index (χ2v) is 11.5. The molecule has 2 heterocycles. The van der Waals surface area contributed by atoms with Crippen LogP contribution in [0, 0.1) is 0 Å². The quantitative estimate of drug-likeness (QED) is 0.296. The summed E-state index contributed by atoms with van der Waals surface area (Å²) < 4.78 is 11.9. The minimum Gasteiger partial charge on any atom is -0.489 e. The lowest BCUT2D eigenvalue weighted by Crippen LogP contribution is -2.44. The average molecular weight is 556 g/mol. The molecule has 7 heteroatoms. The number of hydroxylamine groups is 1. The molecule has 7 nitrogen and oxygen atoms in total.